The number of nitrogens with one attached hydrogen (secondary N) is 2. The molecule has 4 nitrogen and oxygen atoms in total. The second-order valence-electron chi connectivity index (χ2n) is 15.8. The van der Waals surface area contributed by atoms with Crippen LogP contribution in [-0.4, -0.2) is 19.9 Å². The molecule has 0 saturated carbocycles. The fourth-order valence-electron chi connectivity index (χ4n) is 11.1. The van der Waals surface area contributed by atoms with Gasteiger partial charge < -0.3 is 9.97 Å². The Bertz CT molecular complexity index is 2280. The highest BCUT2D eigenvalue weighted by molar-refractivity contribution is 6.00. The summed E-state index contributed by atoms with van der Waals surface area (Å²) in [6.45, 7) is 7.05. The van der Waals surface area contributed by atoms with Gasteiger partial charge in [-0.1, -0.05) is 57.2 Å². The molecule has 0 radical (unpaired) electrons. The lowest BCUT2D eigenvalue weighted by molar-refractivity contribution is 0.558. The average Bonchev–Trinajstić information content (AvgIpc) is 3.90. The number of H-pyrrole nitrogens is 2. The third-order valence-electron chi connectivity index (χ3n) is 13.4. The van der Waals surface area contributed by atoms with E-state index in [1.54, 1.807) is 0 Å². The summed E-state index contributed by atoms with van der Waals surface area (Å²) in [4.78, 5) is 19.2. The van der Waals surface area contributed by atoms with Crippen LogP contribution in [0.15, 0.2) is 60.7 Å². The van der Waals surface area contributed by atoms with Gasteiger partial charge in [0.2, 0.25) is 0 Å². The predicted octanol–water partition coefficient (Wildman–Crippen LogP) is 10.9. The fraction of sp³-hybridized carbons (Fsp3) is 0.409. The van der Waals surface area contributed by atoms with Crippen molar-refractivity contribution < 1.29 is 0 Å². The highest BCUT2D eigenvalue weighted by Crippen LogP contribution is 2.55. The van der Waals surface area contributed by atoms with Crippen LogP contribution in [0.25, 0.3) is 44.4 Å². The molecule has 14 bridgehead atoms. The van der Waals surface area contributed by atoms with E-state index < -0.39 is 0 Å². The smallest absolute Gasteiger partial charge is 0.0699 e. The Morgan fingerprint density at radius 1 is 0.542 bits per heavy atom. The van der Waals surface area contributed by atoms with E-state index in [0.29, 0.717) is 41.4 Å². The maximum atomic E-state index is 5.57. The van der Waals surface area contributed by atoms with Crippen molar-refractivity contribution >= 4 is 44.4 Å². The van der Waals surface area contributed by atoms with E-state index in [-0.39, 0.29) is 0 Å². The first-order valence-corrected chi connectivity index (χ1v) is 18.9. The number of allylic oxidation sites excluding steroid dienone is 10. The van der Waals surface area contributed by atoms with E-state index in [1.165, 1.54) is 128 Å². The molecule has 11 aliphatic rings. The van der Waals surface area contributed by atoms with E-state index in [0.717, 1.165) is 12.8 Å². The summed E-state index contributed by atoms with van der Waals surface area (Å²) in [6.07, 6.45) is 24.3. The highest BCUT2D eigenvalue weighted by atomic mass is 14.8. The summed E-state index contributed by atoms with van der Waals surface area (Å²) in [5, 5.41) is 0. The Hall–Kier alpha value is -4.18. The summed E-state index contributed by atoms with van der Waals surface area (Å²) in [6, 6.07) is 9.71. The molecule has 14 rings (SSSR count). The zero-order valence-corrected chi connectivity index (χ0v) is 28.4. The molecule has 0 spiro atoms. The van der Waals surface area contributed by atoms with Crippen LogP contribution in [0, 0.1) is 23.7 Å². The van der Waals surface area contributed by atoms with Gasteiger partial charge in [-0.15, -0.1) is 0 Å². The van der Waals surface area contributed by atoms with E-state index >= 15 is 0 Å². The zero-order valence-electron chi connectivity index (χ0n) is 28.4. The van der Waals surface area contributed by atoms with Gasteiger partial charge in [0.05, 0.1) is 22.8 Å². The predicted molar refractivity (Wildman–Crippen MR) is 197 cm³/mol. The number of nitrogens with zero attached hydrogens (tertiary/aromatic N) is 2. The number of hydrogen-bond donors (Lipinski definition) is 2. The van der Waals surface area contributed by atoms with Crippen LogP contribution in [0.1, 0.15) is 129 Å². The quantitative estimate of drug-likeness (QED) is 0.284. The van der Waals surface area contributed by atoms with Gasteiger partial charge in [0.15, 0.2) is 0 Å². The van der Waals surface area contributed by atoms with Crippen molar-refractivity contribution in [2.75, 3.05) is 0 Å². The number of fused-ring (bicyclic) bond motifs is 11. The molecule has 0 fully saturated rings. The Labute approximate surface area is 282 Å². The lowest BCUT2D eigenvalue weighted by Crippen LogP contribution is -2.18. The SMILES string of the molecule is CCc1c(C(C)CC)c2cc3nc(cc4[nH]c(cc5nc(cc1[nH]2)C1=C5C2C=CC1CC2)c1c4C2C=CC1CC2)C1=C3C2C=CC1CC2. The average molecular weight is 629 g/mol. The van der Waals surface area contributed by atoms with Crippen molar-refractivity contribution in [1.82, 2.24) is 19.9 Å². The minimum Gasteiger partial charge on any atom is -0.355 e. The fourth-order valence-corrected chi connectivity index (χ4v) is 11.1. The molecule has 3 aromatic heterocycles. The van der Waals surface area contributed by atoms with Crippen LogP contribution >= 0.6 is 0 Å². The van der Waals surface area contributed by atoms with Crippen LogP contribution in [0.5, 0.6) is 0 Å². The van der Waals surface area contributed by atoms with Crippen LogP contribution in [-0.2, 0) is 6.42 Å². The monoisotopic (exact) mass is 628 g/mol. The van der Waals surface area contributed by atoms with E-state index in [9.17, 15) is 0 Å². The van der Waals surface area contributed by atoms with Gasteiger partial charge in [-0.05, 0) is 126 Å². The minimum absolute atomic E-state index is 0.452. The topological polar surface area (TPSA) is 57.4 Å². The molecule has 9 aliphatic carbocycles. The van der Waals surface area contributed by atoms with Crippen LogP contribution in [0.2, 0.25) is 0 Å². The van der Waals surface area contributed by atoms with Gasteiger partial charge in [-0.2, -0.15) is 0 Å². The minimum atomic E-state index is 0.452. The van der Waals surface area contributed by atoms with Crippen LogP contribution in [0.3, 0.4) is 0 Å². The Morgan fingerprint density at radius 2 is 0.917 bits per heavy atom. The van der Waals surface area contributed by atoms with Crippen molar-refractivity contribution in [3.63, 3.8) is 0 Å². The van der Waals surface area contributed by atoms with Gasteiger partial charge >= 0.3 is 0 Å². The van der Waals surface area contributed by atoms with Gasteiger partial charge in [0, 0.05) is 57.6 Å². The van der Waals surface area contributed by atoms with Crippen LogP contribution in [0.4, 0.5) is 0 Å². The Balaban J connectivity index is 1.30. The molecule has 0 aromatic carbocycles. The molecule has 7 atom stereocenters. The number of aromatic amines is 2. The first kappa shape index (κ1) is 27.7. The van der Waals surface area contributed by atoms with E-state index in [4.69, 9.17) is 9.97 Å². The van der Waals surface area contributed by atoms with E-state index in [2.05, 4.69) is 91.5 Å². The summed E-state index contributed by atoms with van der Waals surface area (Å²) in [7, 11) is 0. The third kappa shape index (κ3) is 3.67. The third-order valence-corrected chi connectivity index (χ3v) is 13.4. The largest absolute Gasteiger partial charge is 0.355 e. The maximum Gasteiger partial charge on any atom is 0.0699 e. The van der Waals surface area contributed by atoms with Crippen molar-refractivity contribution in [3.8, 4) is 0 Å². The van der Waals surface area contributed by atoms with Gasteiger partial charge in [-0.3, -0.25) is 0 Å². The molecule has 7 unspecified atom stereocenters. The summed E-state index contributed by atoms with van der Waals surface area (Å²) in [5.74, 6) is 3.21. The second kappa shape index (κ2) is 9.94. The number of aryl methyl sites for hydroxylation is 1. The molecule has 0 saturated heterocycles. The van der Waals surface area contributed by atoms with Crippen molar-refractivity contribution in [2.24, 2.45) is 23.7 Å². The number of hydrogen-bond acceptors (Lipinski definition) is 2. The van der Waals surface area contributed by atoms with Gasteiger partial charge in [0.1, 0.15) is 0 Å². The normalized spacial score (nSPS) is 29.1. The lowest BCUT2D eigenvalue weighted by Gasteiger charge is -2.33. The molecule has 5 heterocycles. The Morgan fingerprint density at radius 3 is 1.31 bits per heavy atom. The van der Waals surface area contributed by atoms with E-state index in [1.807, 2.05) is 0 Å². The molecule has 3 aromatic rings. The molecule has 2 N–H and O–H groups in total. The molecule has 2 aliphatic heterocycles. The highest BCUT2D eigenvalue weighted by Gasteiger charge is 2.40. The van der Waals surface area contributed by atoms with Crippen LogP contribution < -0.4 is 0 Å². The van der Waals surface area contributed by atoms with Crippen molar-refractivity contribution in [2.45, 2.75) is 89.9 Å². The number of rotatable bonds is 3. The molecule has 48 heavy (non-hydrogen) atoms. The standard InChI is InChI=1S/C44H44N4/c1-4-22(3)38-29(5-2)30-18-32-39-23-6-8-25(9-7-23)41(39)34(46-32)20-36-43-27-14-16-28(17-15-27)44(43)37(48-36)21-35-42-26-12-10-24(11-13-26)40(42)33(47-35)19-31(38)45-30/h6,8,10,12,14,16,18-28,45,48H,4-5,7,9,11,13,15,17H2,1-3H3. The summed E-state index contributed by atoms with van der Waals surface area (Å²) in [5.41, 5.74) is 21.5. The maximum absolute atomic E-state index is 5.57. The van der Waals surface area contributed by atoms with Gasteiger partial charge in [0.25, 0.3) is 0 Å². The molecular formula is C44H44N4. The first-order valence-electron chi connectivity index (χ1n) is 18.9. The Kier molecular flexibility index (Phi) is 5.74. The van der Waals surface area contributed by atoms with Crippen molar-refractivity contribution in [1.29, 1.82) is 0 Å². The number of aromatic nitrogens is 4. The summed E-state index contributed by atoms with van der Waals surface area (Å²) >= 11 is 0. The first-order chi connectivity index (χ1) is 23.6. The molecule has 4 heteroatoms. The van der Waals surface area contributed by atoms with Crippen molar-refractivity contribution in [3.05, 3.63) is 106 Å². The van der Waals surface area contributed by atoms with Gasteiger partial charge in [-0.25, -0.2) is 9.97 Å². The molecular weight excluding hydrogens is 585 g/mol. The second-order valence-corrected chi connectivity index (χ2v) is 15.8. The zero-order chi connectivity index (χ0) is 31.8. The summed E-state index contributed by atoms with van der Waals surface area (Å²) < 4.78 is 0. The lowest BCUT2D eigenvalue weighted by atomic mass is 9.70. The molecule has 240 valence electrons. The molecule has 0 amide bonds.